The molecule has 5 heteroatoms. The number of likely N-dealkylation sites (tertiary alicyclic amines) is 3. The summed E-state index contributed by atoms with van der Waals surface area (Å²) >= 11 is 0. The molecule has 146 valence electrons. The molecule has 3 aliphatic heterocycles. The molecule has 0 radical (unpaired) electrons. The van der Waals surface area contributed by atoms with Gasteiger partial charge >= 0.3 is 0 Å². The van der Waals surface area contributed by atoms with E-state index in [4.69, 9.17) is 0 Å². The smallest absolute Gasteiger partial charge is 0.239 e. The molecule has 0 aromatic heterocycles. The SMILES string of the molecule is CC1CC(C)CN(C(=O)C(C)N2CCC3C(CCC(=O)N3C3CC3)C2)C1. The van der Waals surface area contributed by atoms with E-state index in [2.05, 4.69) is 35.5 Å². The minimum absolute atomic E-state index is 0.0274. The van der Waals surface area contributed by atoms with E-state index in [0.717, 1.165) is 39.0 Å². The Kier molecular flexibility index (Phi) is 5.02. The Labute approximate surface area is 158 Å². The van der Waals surface area contributed by atoms with Crippen molar-refractivity contribution in [3.05, 3.63) is 0 Å². The van der Waals surface area contributed by atoms with Crippen LogP contribution in [0.15, 0.2) is 0 Å². The Morgan fingerprint density at radius 3 is 2.38 bits per heavy atom. The number of hydrogen-bond acceptors (Lipinski definition) is 3. The second-order valence-electron chi connectivity index (χ2n) is 9.55. The molecule has 1 saturated carbocycles. The van der Waals surface area contributed by atoms with Crippen molar-refractivity contribution >= 4 is 11.8 Å². The molecule has 0 aromatic carbocycles. The van der Waals surface area contributed by atoms with E-state index < -0.39 is 0 Å². The largest absolute Gasteiger partial charge is 0.341 e. The second-order valence-corrected chi connectivity index (χ2v) is 9.55. The minimum atomic E-state index is -0.0274. The third-order valence-electron chi connectivity index (χ3n) is 7.13. The first kappa shape index (κ1) is 18.3. The molecule has 4 fully saturated rings. The summed E-state index contributed by atoms with van der Waals surface area (Å²) in [6.45, 7) is 10.4. The number of rotatable bonds is 3. The number of fused-ring (bicyclic) bond motifs is 1. The van der Waals surface area contributed by atoms with Crippen molar-refractivity contribution in [3.8, 4) is 0 Å². The van der Waals surface area contributed by atoms with Crippen molar-refractivity contribution in [1.29, 1.82) is 0 Å². The van der Waals surface area contributed by atoms with Crippen molar-refractivity contribution in [2.24, 2.45) is 17.8 Å². The van der Waals surface area contributed by atoms with Gasteiger partial charge in [-0.3, -0.25) is 14.5 Å². The van der Waals surface area contributed by atoms with Crippen molar-refractivity contribution in [3.63, 3.8) is 0 Å². The molecule has 5 nitrogen and oxygen atoms in total. The highest BCUT2D eigenvalue weighted by Gasteiger charge is 2.46. The predicted octanol–water partition coefficient (Wildman–Crippen LogP) is 2.35. The molecule has 0 spiro atoms. The molecule has 4 aliphatic rings. The first-order valence-electron chi connectivity index (χ1n) is 10.8. The van der Waals surface area contributed by atoms with E-state index in [1.165, 1.54) is 19.3 Å². The third-order valence-corrected chi connectivity index (χ3v) is 7.13. The molecule has 0 N–H and O–H groups in total. The van der Waals surface area contributed by atoms with Crippen molar-refractivity contribution in [2.75, 3.05) is 26.2 Å². The van der Waals surface area contributed by atoms with Crippen LogP contribution in [0.4, 0.5) is 0 Å². The molecule has 0 aromatic rings. The highest BCUT2D eigenvalue weighted by molar-refractivity contribution is 5.81. The molecular formula is C21H35N3O2. The molecular weight excluding hydrogens is 326 g/mol. The van der Waals surface area contributed by atoms with Gasteiger partial charge in [0.1, 0.15) is 0 Å². The first-order chi connectivity index (χ1) is 12.4. The number of piperidine rings is 3. The number of carbonyl (C=O) groups excluding carboxylic acids is 2. The summed E-state index contributed by atoms with van der Waals surface area (Å²) in [6, 6.07) is 0.926. The van der Waals surface area contributed by atoms with Crippen molar-refractivity contribution < 1.29 is 9.59 Å². The summed E-state index contributed by atoms with van der Waals surface area (Å²) in [7, 11) is 0. The van der Waals surface area contributed by atoms with Crippen molar-refractivity contribution in [1.82, 2.24) is 14.7 Å². The summed E-state index contributed by atoms with van der Waals surface area (Å²) < 4.78 is 0. The highest BCUT2D eigenvalue weighted by Crippen LogP contribution is 2.39. The lowest BCUT2D eigenvalue weighted by molar-refractivity contribution is -0.146. The fraction of sp³-hybridized carbons (Fsp3) is 0.905. The van der Waals surface area contributed by atoms with Gasteiger partial charge in [0.25, 0.3) is 0 Å². The Bertz CT molecular complexity index is 551. The normalized spacial score (nSPS) is 37.4. The van der Waals surface area contributed by atoms with Gasteiger partial charge in [-0.25, -0.2) is 0 Å². The van der Waals surface area contributed by atoms with Crippen LogP contribution in [0.3, 0.4) is 0 Å². The van der Waals surface area contributed by atoms with E-state index in [9.17, 15) is 9.59 Å². The van der Waals surface area contributed by atoms with E-state index in [1.54, 1.807) is 0 Å². The van der Waals surface area contributed by atoms with Crippen LogP contribution < -0.4 is 0 Å². The van der Waals surface area contributed by atoms with Gasteiger partial charge in [0.05, 0.1) is 6.04 Å². The molecule has 5 atom stereocenters. The van der Waals surface area contributed by atoms with Crippen LogP contribution in [0, 0.1) is 17.8 Å². The Hall–Kier alpha value is -1.10. The van der Waals surface area contributed by atoms with Gasteiger partial charge in [-0.2, -0.15) is 0 Å². The quantitative estimate of drug-likeness (QED) is 0.775. The van der Waals surface area contributed by atoms with Crippen LogP contribution in [0.25, 0.3) is 0 Å². The molecule has 1 aliphatic carbocycles. The summed E-state index contributed by atoms with van der Waals surface area (Å²) in [5, 5.41) is 0. The van der Waals surface area contributed by atoms with Gasteiger partial charge in [0.2, 0.25) is 11.8 Å². The average molecular weight is 362 g/mol. The molecule has 0 bridgehead atoms. The number of nitrogens with zero attached hydrogens (tertiary/aromatic N) is 3. The Morgan fingerprint density at radius 2 is 1.73 bits per heavy atom. The molecule has 3 saturated heterocycles. The zero-order valence-electron chi connectivity index (χ0n) is 16.7. The van der Waals surface area contributed by atoms with Crippen LogP contribution in [-0.4, -0.2) is 70.8 Å². The summed E-state index contributed by atoms with van der Waals surface area (Å²) in [5.74, 6) is 2.46. The Balaban J connectivity index is 1.38. The maximum atomic E-state index is 13.1. The number of carbonyl (C=O) groups is 2. The fourth-order valence-corrected chi connectivity index (χ4v) is 5.76. The van der Waals surface area contributed by atoms with E-state index in [-0.39, 0.29) is 6.04 Å². The topological polar surface area (TPSA) is 43.9 Å². The predicted molar refractivity (Wildman–Crippen MR) is 102 cm³/mol. The summed E-state index contributed by atoms with van der Waals surface area (Å²) in [4.78, 5) is 32.2. The standard InChI is InChI=1S/C21H35N3O2/c1-14-10-15(2)12-23(11-14)21(26)16(3)22-9-8-19-17(13-22)4-7-20(25)24(19)18-5-6-18/h14-19H,4-13H2,1-3H3. The van der Waals surface area contributed by atoms with Gasteiger partial charge in [-0.05, 0) is 56.8 Å². The van der Waals surface area contributed by atoms with Crippen LogP contribution in [0.5, 0.6) is 0 Å². The van der Waals surface area contributed by atoms with Gasteiger partial charge < -0.3 is 9.80 Å². The Morgan fingerprint density at radius 1 is 1.04 bits per heavy atom. The van der Waals surface area contributed by atoms with Crippen LogP contribution >= 0.6 is 0 Å². The first-order valence-corrected chi connectivity index (χ1v) is 10.8. The lowest BCUT2D eigenvalue weighted by atomic mass is 9.82. The second kappa shape index (κ2) is 7.14. The molecule has 26 heavy (non-hydrogen) atoms. The minimum Gasteiger partial charge on any atom is -0.341 e. The zero-order chi connectivity index (χ0) is 18.4. The average Bonchev–Trinajstić information content (AvgIpc) is 3.44. The van der Waals surface area contributed by atoms with Crippen LogP contribution in [-0.2, 0) is 9.59 Å². The summed E-state index contributed by atoms with van der Waals surface area (Å²) in [6.07, 6.45) is 6.36. The van der Waals surface area contributed by atoms with E-state index in [1.807, 2.05) is 0 Å². The van der Waals surface area contributed by atoms with Crippen molar-refractivity contribution in [2.45, 2.75) is 77.4 Å². The van der Waals surface area contributed by atoms with Crippen LogP contribution in [0.2, 0.25) is 0 Å². The summed E-state index contributed by atoms with van der Waals surface area (Å²) in [5.41, 5.74) is 0. The molecule has 4 rings (SSSR count). The fourth-order valence-electron chi connectivity index (χ4n) is 5.76. The molecule has 3 heterocycles. The van der Waals surface area contributed by atoms with Gasteiger partial charge in [-0.15, -0.1) is 0 Å². The monoisotopic (exact) mass is 361 g/mol. The van der Waals surface area contributed by atoms with Crippen LogP contribution in [0.1, 0.15) is 59.3 Å². The van der Waals surface area contributed by atoms with E-state index in [0.29, 0.717) is 48.1 Å². The molecule has 2 amide bonds. The maximum absolute atomic E-state index is 13.1. The molecule has 5 unspecified atom stereocenters. The highest BCUT2D eigenvalue weighted by atomic mass is 16.2. The van der Waals surface area contributed by atoms with E-state index >= 15 is 0 Å². The number of hydrogen-bond donors (Lipinski definition) is 0. The maximum Gasteiger partial charge on any atom is 0.239 e. The lowest BCUT2D eigenvalue weighted by Gasteiger charge is -2.49. The van der Waals surface area contributed by atoms with Gasteiger partial charge in [0.15, 0.2) is 0 Å². The lowest BCUT2D eigenvalue weighted by Crippen LogP contribution is -2.60. The zero-order valence-corrected chi connectivity index (χ0v) is 16.7. The van der Waals surface area contributed by atoms with Gasteiger partial charge in [-0.1, -0.05) is 13.8 Å². The third kappa shape index (κ3) is 3.51. The number of amides is 2. The van der Waals surface area contributed by atoms with Gasteiger partial charge in [0, 0.05) is 44.7 Å².